The maximum atomic E-state index is 9.67. The van der Waals surface area contributed by atoms with Gasteiger partial charge in [0.05, 0.1) is 17.0 Å². The standard InChI is InChI=1S/C27H25N5O/c1-3-19(2)32-14-13-22(18-32)31-27-21(15-28)16-30-17-25(27)26(29)20-9-11-24(12-10-20)33-23-7-5-4-6-8-23/h3-12,16-17,22,29H,1-2,13-14,18H2,(H,30,31)/t22-/m1/s1. The monoisotopic (exact) mass is 435 g/mol. The first-order valence-electron chi connectivity index (χ1n) is 10.7. The summed E-state index contributed by atoms with van der Waals surface area (Å²) in [7, 11) is 0. The van der Waals surface area contributed by atoms with Crippen molar-refractivity contribution in [2.24, 2.45) is 0 Å². The quantitative estimate of drug-likeness (QED) is 0.368. The van der Waals surface area contributed by atoms with Gasteiger partial charge in [0.25, 0.3) is 0 Å². The number of pyridine rings is 1. The van der Waals surface area contributed by atoms with Gasteiger partial charge in [-0.15, -0.1) is 0 Å². The summed E-state index contributed by atoms with van der Waals surface area (Å²) >= 11 is 0. The molecule has 1 saturated heterocycles. The van der Waals surface area contributed by atoms with Crippen LogP contribution >= 0.6 is 0 Å². The number of likely N-dealkylation sites (tertiary alicyclic amines) is 1. The first-order valence-corrected chi connectivity index (χ1v) is 10.7. The Hall–Kier alpha value is -4.37. The van der Waals surface area contributed by atoms with Crippen LogP contribution in [0.25, 0.3) is 0 Å². The van der Waals surface area contributed by atoms with Gasteiger partial charge in [-0.25, -0.2) is 0 Å². The number of allylic oxidation sites excluding steroid dienone is 1. The molecule has 2 aromatic carbocycles. The summed E-state index contributed by atoms with van der Waals surface area (Å²) in [5.74, 6) is 1.44. The van der Waals surface area contributed by atoms with E-state index in [2.05, 4.69) is 34.4 Å². The molecule has 1 fully saturated rings. The van der Waals surface area contributed by atoms with Crippen molar-refractivity contribution in [2.75, 3.05) is 18.4 Å². The number of hydrogen-bond acceptors (Lipinski definition) is 6. The lowest BCUT2D eigenvalue weighted by Crippen LogP contribution is -2.26. The number of rotatable bonds is 8. The fraction of sp³-hybridized carbons (Fsp3) is 0.148. The van der Waals surface area contributed by atoms with Crippen LogP contribution in [0.3, 0.4) is 0 Å². The predicted molar refractivity (Wildman–Crippen MR) is 131 cm³/mol. The molecule has 0 saturated carbocycles. The fourth-order valence-electron chi connectivity index (χ4n) is 3.83. The molecule has 0 amide bonds. The number of benzene rings is 2. The molecule has 0 spiro atoms. The second-order valence-corrected chi connectivity index (χ2v) is 7.81. The summed E-state index contributed by atoms with van der Waals surface area (Å²) in [6, 6.07) is 19.2. The zero-order valence-corrected chi connectivity index (χ0v) is 18.3. The summed E-state index contributed by atoms with van der Waals surface area (Å²) in [6.07, 6.45) is 5.82. The Morgan fingerprint density at radius 2 is 1.88 bits per heavy atom. The largest absolute Gasteiger partial charge is 0.457 e. The Bertz CT molecular complexity index is 1210. The lowest BCUT2D eigenvalue weighted by molar-refractivity contribution is 0.438. The van der Waals surface area contributed by atoms with E-state index in [1.54, 1.807) is 12.3 Å². The minimum absolute atomic E-state index is 0.129. The van der Waals surface area contributed by atoms with Crippen LogP contribution in [0.15, 0.2) is 91.9 Å². The van der Waals surface area contributed by atoms with Gasteiger partial charge < -0.3 is 15.0 Å². The van der Waals surface area contributed by atoms with E-state index >= 15 is 0 Å². The van der Waals surface area contributed by atoms with E-state index in [9.17, 15) is 5.26 Å². The molecule has 1 aromatic heterocycles. The molecule has 3 aromatic rings. The molecule has 1 aliphatic heterocycles. The number of para-hydroxylation sites is 1. The highest BCUT2D eigenvalue weighted by Gasteiger charge is 2.25. The lowest BCUT2D eigenvalue weighted by atomic mass is 10.00. The second-order valence-electron chi connectivity index (χ2n) is 7.81. The summed E-state index contributed by atoms with van der Waals surface area (Å²) < 4.78 is 5.85. The zero-order valence-electron chi connectivity index (χ0n) is 18.3. The normalized spacial score (nSPS) is 14.9. The van der Waals surface area contributed by atoms with Crippen molar-refractivity contribution in [1.29, 1.82) is 10.7 Å². The number of hydrogen-bond donors (Lipinski definition) is 2. The van der Waals surface area contributed by atoms with Crippen molar-refractivity contribution in [3.05, 3.63) is 109 Å². The minimum Gasteiger partial charge on any atom is -0.457 e. The molecule has 6 heteroatoms. The average molecular weight is 436 g/mol. The molecular weight excluding hydrogens is 410 g/mol. The summed E-state index contributed by atoms with van der Waals surface area (Å²) in [6.45, 7) is 9.44. The number of nitrogens with zero attached hydrogens (tertiary/aromatic N) is 3. The predicted octanol–water partition coefficient (Wildman–Crippen LogP) is 5.35. The van der Waals surface area contributed by atoms with Crippen LogP contribution in [0.1, 0.15) is 23.1 Å². The van der Waals surface area contributed by atoms with Gasteiger partial charge in [-0.1, -0.05) is 31.4 Å². The highest BCUT2D eigenvalue weighted by Crippen LogP contribution is 2.27. The van der Waals surface area contributed by atoms with Gasteiger partial charge in [-0.05, 0) is 48.9 Å². The number of nitriles is 1. The Morgan fingerprint density at radius 3 is 2.58 bits per heavy atom. The molecule has 2 heterocycles. The van der Waals surface area contributed by atoms with E-state index in [0.29, 0.717) is 33.8 Å². The van der Waals surface area contributed by atoms with Gasteiger partial charge in [0.2, 0.25) is 0 Å². The van der Waals surface area contributed by atoms with E-state index in [0.717, 1.165) is 31.0 Å². The zero-order chi connectivity index (χ0) is 23.2. The highest BCUT2D eigenvalue weighted by atomic mass is 16.5. The number of anilines is 1. The van der Waals surface area contributed by atoms with E-state index in [1.807, 2.05) is 54.6 Å². The van der Waals surface area contributed by atoms with Gasteiger partial charge in [-0.2, -0.15) is 5.26 Å². The Kier molecular flexibility index (Phi) is 6.51. The van der Waals surface area contributed by atoms with Crippen molar-refractivity contribution in [3.63, 3.8) is 0 Å². The molecule has 2 N–H and O–H groups in total. The van der Waals surface area contributed by atoms with Crippen molar-refractivity contribution in [3.8, 4) is 17.6 Å². The number of aromatic nitrogens is 1. The third-order valence-corrected chi connectivity index (χ3v) is 5.64. The third-order valence-electron chi connectivity index (χ3n) is 5.64. The van der Waals surface area contributed by atoms with Crippen LogP contribution < -0.4 is 10.1 Å². The molecule has 1 atom stereocenters. The Labute approximate surface area is 194 Å². The first-order chi connectivity index (χ1) is 16.1. The summed E-state index contributed by atoms with van der Waals surface area (Å²) in [5.41, 5.74) is 3.54. The molecule has 0 radical (unpaired) electrons. The maximum absolute atomic E-state index is 9.67. The Morgan fingerprint density at radius 1 is 1.15 bits per heavy atom. The van der Waals surface area contributed by atoms with Gasteiger partial charge in [0.15, 0.2) is 0 Å². The third kappa shape index (κ3) is 4.94. The van der Waals surface area contributed by atoms with Crippen molar-refractivity contribution < 1.29 is 4.74 Å². The smallest absolute Gasteiger partial charge is 0.127 e. The second kappa shape index (κ2) is 9.84. The van der Waals surface area contributed by atoms with Crippen molar-refractivity contribution in [2.45, 2.75) is 12.5 Å². The Balaban J connectivity index is 1.55. The molecule has 0 bridgehead atoms. The van der Waals surface area contributed by atoms with Crippen LogP contribution in [0, 0.1) is 16.7 Å². The molecule has 0 unspecified atom stereocenters. The highest BCUT2D eigenvalue weighted by molar-refractivity contribution is 6.14. The van der Waals surface area contributed by atoms with E-state index in [-0.39, 0.29) is 6.04 Å². The van der Waals surface area contributed by atoms with Crippen LogP contribution in [0.2, 0.25) is 0 Å². The topological polar surface area (TPSA) is 85.0 Å². The molecule has 0 aliphatic carbocycles. The van der Waals surface area contributed by atoms with Crippen LogP contribution in [-0.4, -0.2) is 34.7 Å². The van der Waals surface area contributed by atoms with E-state index in [1.165, 1.54) is 6.20 Å². The van der Waals surface area contributed by atoms with Crippen LogP contribution in [0.5, 0.6) is 11.5 Å². The molecule has 164 valence electrons. The average Bonchev–Trinajstić information content (AvgIpc) is 3.33. The molecule has 4 rings (SSSR count). The molecule has 1 aliphatic rings. The van der Waals surface area contributed by atoms with Gasteiger partial charge in [0, 0.05) is 48.3 Å². The van der Waals surface area contributed by atoms with Gasteiger partial charge in [-0.3, -0.25) is 10.4 Å². The lowest BCUT2D eigenvalue weighted by Gasteiger charge is -2.21. The molecular formula is C27H25N5O. The SMILES string of the molecule is C=CC(=C)N1CC[C@@H](Nc2c(C#N)cncc2C(=N)c2ccc(Oc3ccccc3)cc2)C1. The van der Waals surface area contributed by atoms with E-state index < -0.39 is 0 Å². The fourth-order valence-corrected chi connectivity index (χ4v) is 3.83. The number of nitrogens with one attached hydrogen (secondary N) is 2. The number of ether oxygens (including phenoxy) is 1. The van der Waals surface area contributed by atoms with Gasteiger partial charge in [0.1, 0.15) is 17.6 Å². The minimum atomic E-state index is 0.129. The van der Waals surface area contributed by atoms with Crippen molar-refractivity contribution >= 4 is 11.4 Å². The van der Waals surface area contributed by atoms with Crippen molar-refractivity contribution in [1.82, 2.24) is 9.88 Å². The van der Waals surface area contributed by atoms with Crippen LogP contribution in [0.4, 0.5) is 5.69 Å². The molecule has 33 heavy (non-hydrogen) atoms. The maximum Gasteiger partial charge on any atom is 0.127 e. The van der Waals surface area contributed by atoms with E-state index in [4.69, 9.17) is 10.1 Å². The summed E-state index contributed by atoms with van der Waals surface area (Å²) in [4.78, 5) is 6.36. The summed E-state index contributed by atoms with van der Waals surface area (Å²) in [5, 5.41) is 22.0. The van der Waals surface area contributed by atoms with Crippen LogP contribution in [-0.2, 0) is 0 Å². The first kappa shape index (κ1) is 21.8. The molecule has 6 nitrogen and oxygen atoms in total. The van der Waals surface area contributed by atoms with Gasteiger partial charge >= 0.3 is 0 Å².